The van der Waals surface area contributed by atoms with E-state index >= 15 is 0 Å². The summed E-state index contributed by atoms with van der Waals surface area (Å²) < 4.78 is 0. The van der Waals surface area contributed by atoms with Crippen LogP contribution in [0.25, 0.3) is 0 Å². The van der Waals surface area contributed by atoms with E-state index in [-0.39, 0.29) is 6.10 Å². The molecule has 0 aromatic heterocycles. The average molecular weight is 198 g/mol. The third kappa shape index (κ3) is 3.23. The van der Waals surface area contributed by atoms with E-state index in [1.54, 1.807) is 0 Å². The summed E-state index contributed by atoms with van der Waals surface area (Å²) in [5, 5.41) is 9.27. The second-order valence-electron chi connectivity index (χ2n) is 4.89. The zero-order valence-electron chi connectivity index (χ0n) is 9.15. The summed E-state index contributed by atoms with van der Waals surface area (Å²) in [6, 6.07) is 0. The average Bonchev–Trinajstić information content (AvgIpc) is 2.91. The molecule has 2 fully saturated rings. The molecule has 82 valence electrons. The first-order valence-electron chi connectivity index (χ1n) is 5.87. The molecule has 1 aliphatic carbocycles. The molecule has 1 saturated carbocycles. The Kier molecular flexibility index (Phi) is 3.42. The Labute approximate surface area is 86.7 Å². The van der Waals surface area contributed by atoms with Crippen molar-refractivity contribution in [3.63, 3.8) is 0 Å². The third-order valence-electron chi connectivity index (χ3n) is 3.20. The lowest BCUT2D eigenvalue weighted by Crippen LogP contribution is -2.48. The SMILES string of the molecule is C[C@@H](O)CN1CCN(CC2CC2)CC1. The van der Waals surface area contributed by atoms with Crippen LogP contribution >= 0.6 is 0 Å². The smallest absolute Gasteiger partial charge is 0.0639 e. The monoisotopic (exact) mass is 198 g/mol. The predicted octanol–water partition coefficient (Wildman–Crippen LogP) is 0.395. The maximum absolute atomic E-state index is 9.27. The molecule has 1 saturated heterocycles. The molecule has 1 atom stereocenters. The highest BCUT2D eigenvalue weighted by atomic mass is 16.3. The van der Waals surface area contributed by atoms with Gasteiger partial charge < -0.3 is 10.0 Å². The molecule has 1 heterocycles. The Balaban J connectivity index is 1.63. The fourth-order valence-electron chi connectivity index (χ4n) is 2.19. The fraction of sp³-hybridized carbons (Fsp3) is 1.00. The van der Waals surface area contributed by atoms with Gasteiger partial charge in [-0.3, -0.25) is 4.90 Å². The number of hydrogen-bond donors (Lipinski definition) is 1. The summed E-state index contributed by atoms with van der Waals surface area (Å²) in [7, 11) is 0. The van der Waals surface area contributed by atoms with E-state index in [1.165, 1.54) is 32.5 Å². The Hall–Kier alpha value is -0.120. The molecule has 2 rings (SSSR count). The topological polar surface area (TPSA) is 26.7 Å². The summed E-state index contributed by atoms with van der Waals surface area (Å²) in [4.78, 5) is 4.95. The minimum atomic E-state index is -0.176. The highest BCUT2D eigenvalue weighted by Gasteiger charge is 2.26. The van der Waals surface area contributed by atoms with E-state index in [2.05, 4.69) is 9.80 Å². The van der Waals surface area contributed by atoms with E-state index in [0.29, 0.717) is 0 Å². The van der Waals surface area contributed by atoms with Crippen LogP contribution in [0.4, 0.5) is 0 Å². The van der Waals surface area contributed by atoms with Crippen molar-refractivity contribution in [3.05, 3.63) is 0 Å². The largest absolute Gasteiger partial charge is 0.392 e. The Bertz CT molecular complexity index is 160. The fourth-order valence-corrected chi connectivity index (χ4v) is 2.19. The van der Waals surface area contributed by atoms with Crippen LogP contribution < -0.4 is 0 Å². The van der Waals surface area contributed by atoms with Gasteiger partial charge in [0.2, 0.25) is 0 Å². The Morgan fingerprint density at radius 2 is 1.71 bits per heavy atom. The van der Waals surface area contributed by atoms with Gasteiger partial charge in [0.15, 0.2) is 0 Å². The van der Waals surface area contributed by atoms with Crippen molar-refractivity contribution in [2.24, 2.45) is 5.92 Å². The molecule has 3 nitrogen and oxygen atoms in total. The summed E-state index contributed by atoms with van der Waals surface area (Å²) in [5.74, 6) is 1.01. The summed E-state index contributed by atoms with van der Waals surface area (Å²) in [5.41, 5.74) is 0. The number of hydrogen-bond acceptors (Lipinski definition) is 3. The molecule has 0 aromatic rings. The maximum atomic E-state index is 9.27. The molecule has 1 N–H and O–H groups in total. The number of β-amino-alcohol motifs (C(OH)–C–C–N with tert-alkyl or cyclic N) is 1. The van der Waals surface area contributed by atoms with Gasteiger partial charge in [0.1, 0.15) is 0 Å². The molecule has 0 bridgehead atoms. The van der Waals surface area contributed by atoms with Gasteiger partial charge >= 0.3 is 0 Å². The Morgan fingerprint density at radius 3 is 2.21 bits per heavy atom. The highest BCUT2D eigenvalue weighted by molar-refractivity contribution is 4.80. The molecule has 0 aromatic carbocycles. The predicted molar refractivity (Wildman–Crippen MR) is 57.3 cm³/mol. The number of piperazine rings is 1. The zero-order chi connectivity index (χ0) is 9.97. The summed E-state index contributed by atoms with van der Waals surface area (Å²) in [6.07, 6.45) is 2.73. The molecule has 0 radical (unpaired) electrons. The van der Waals surface area contributed by atoms with E-state index in [9.17, 15) is 5.11 Å². The third-order valence-corrected chi connectivity index (χ3v) is 3.20. The van der Waals surface area contributed by atoms with Gasteiger partial charge in [0.05, 0.1) is 6.10 Å². The van der Waals surface area contributed by atoms with Gasteiger partial charge in [-0.2, -0.15) is 0 Å². The van der Waals surface area contributed by atoms with Gasteiger partial charge in [-0.05, 0) is 25.7 Å². The second kappa shape index (κ2) is 4.60. The van der Waals surface area contributed by atoms with Crippen LogP contribution in [-0.2, 0) is 0 Å². The molecule has 1 aliphatic heterocycles. The van der Waals surface area contributed by atoms with Gasteiger partial charge in [-0.15, -0.1) is 0 Å². The van der Waals surface area contributed by atoms with Crippen LogP contribution in [0.1, 0.15) is 19.8 Å². The molecular weight excluding hydrogens is 176 g/mol. The first-order chi connectivity index (χ1) is 6.74. The zero-order valence-corrected chi connectivity index (χ0v) is 9.15. The highest BCUT2D eigenvalue weighted by Crippen LogP contribution is 2.29. The van der Waals surface area contributed by atoms with Crippen LogP contribution in [0.15, 0.2) is 0 Å². The van der Waals surface area contributed by atoms with Gasteiger partial charge in [-0.1, -0.05) is 0 Å². The van der Waals surface area contributed by atoms with Crippen molar-refractivity contribution in [3.8, 4) is 0 Å². The van der Waals surface area contributed by atoms with E-state index in [0.717, 1.165) is 25.6 Å². The van der Waals surface area contributed by atoms with Crippen LogP contribution in [0.3, 0.4) is 0 Å². The molecule has 0 spiro atoms. The first-order valence-corrected chi connectivity index (χ1v) is 5.87. The van der Waals surface area contributed by atoms with E-state index < -0.39 is 0 Å². The van der Waals surface area contributed by atoms with Gasteiger partial charge in [-0.25, -0.2) is 0 Å². The molecular formula is C11H22N2O. The van der Waals surface area contributed by atoms with Crippen molar-refractivity contribution in [2.75, 3.05) is 39.3 Å². The van der Waals surface area contributed by atoms with Crippen molar-refractivity contribution in [1.82, 2.24) is 9.80 Å². The lowest BCUT2D eigenvalue weighted by Gasteiger charge is -2.35. The van der Waals surface area contributed by atoms with Crippen LogP contribution in [0.2, 0.25) is 0 Å². The second-order valence-corrected chi connectivity index (χ2v) is 4.89. The quantitative estimate of drug-likeness (QED) is 0.708. The van der Waals surface area contributed by atoms with Gasteiger partial charge in [0.25, 0.3) is 0 Å². The first kappa shape index (κ1) is 10.4. The number of rotatable bonds is 4. The molecule has 14 heavy (non-hydrogen) atoms. The lowest BCUT2D eigenvalue weighted by molar-refractivity contribution is 0.0791. The summed E-state index contributed by atoms with van der Waals surface area (Å²) in [6.45, 7) is 8.71. The van der Waals surface area contributed by atoms with Crippen molar-refractivity contribution in [2.45, 2.75) is 25.9 Å². The number of aliphatic hydroxyl groups excluding tert-OH is 1. The number of nitrogens with zero attached hydrogens (tertiary/aromatic N) is 2. The summed E-state index contributed by atoms with van der Waals surface area (Å²) >= 11 is 0. The molecule has 2 aliphatic rings. The lowest BCUT2D eigenvalue weighted by atomic mass is 10.2. The molecule has 0 amide bonds. The molecule has 3 heteroatoms. The van der Waals surface area contributed by atoms with Crippen LogP contribution in [-0.4, -0.2) is 60.3 Å². The Morgan fingerprint density at radius 1 is 1.14 bits per heavy atom. The minimum Gasteiger partial charge on any atom is -0.392 e. The van der Waals surface area contributed by atoms with Crippen LogP contribution in [0.5, 0.6) is 0 Å². The van der Waals surface area contributed by atoms with E-state index in [1.807, 2.05) is 6.92 Å². The van der Waals surface area contributed by atoms with Crippen molar-refractivity contribution >= 4 is 0 Å². The standard InChI is InChI=1S/C11H22N2O/c1-10(14)8-12-4-6-13(7-5-12)9-11-2-3-11/h10-11,14H,2-9H2,1H3/t10-/m1/s1. The van der Waals surface area contributed by atoms with E-state index in [4.69, 9.17) is 0 Å². The number of aliphatic hydroxyl groups is 1. The van der Waals surface area contributed by atoms with Crippen molar-refractivity contribution in [1.29, 1.82) is 0 Å². The van der Waals surface area contributed by atoms with Crippen LogP contribution in [0, 0.1) is 5.92 Å². The minimum absolute atomic E-state index is 0.176. The normalized spacial score (nSPS) is 27.9. The van der Waals surface area contributed by atoms with Gasteiger partial charge in [0, 0.05) is 39.3 Å². The maximum Gasteiger partial charge on any atom is 0.0639 e. The molecule has 0 unspecified atom stereocenters. The van der Waals surface area contributed by atoms with Crippen molar-refractivity contribution < 1.29 is 5.11 Å².